The molecule has 0 aliphatic rings. The minimum absolute atomic E-state index is 0.318. The zero-order valence-electron chi connectivity index (χ0n) is 17.5. The molecular formula is C24H22F3N3O2. The Bertz CT molecular complexity index is 1110. The van der Waals surface area contributed by atoms with Gasteiger partial charge >= 0.3 is 12.4 Å². The van der Waals surface area contributed by atoms with Gasteiger partial charge in [0.1, 0.15) is 5.75 Å². The lowest BCUT2D eigenvalue weighted by Crippen LogP contribution is -2.20. The molecule has 32 heavy (non-hydrogen) atoms. The average molecular weight is 441 g/mol. The van der Waals surface area contributed by atoms with Gasteiger partial charge < -0.3 is 20.3 Å². The summed E-state index contributed by atoms with van der Waals surface area (Å²) in [5.41, 5.74) is 4.58. The highest BCUT2D eigenvalue weighted by atomic mass is 19.4. The number of carbonyl (C=O) groups excluding carboxylic acids is 1. The first-order chi connectivity index (χ1) is 15.2. The summed E-state index contributed by atoms with van der Waals surface area (Å²) in [6.07, 6.45) is -3.00. The van der Waals surface area contributed by atoms with Gasteiger partial charge in [0.25, 0.3) is 0 Å². The van der Waals surface area contributed by atoms with Gasteiger partial charge in [-0.15, -0.1) is 13.2 Å². The standard InChI is InChI=1S/C24H22F3N3O2/c1-4-16-15-17(9-14-22(16)30(2)3)20-7-5-6-8-21(20)29-23(31)28-18-10-12-19(13-11-18)32-24(25,26)27/h4-15H,1H2,2-3H3,(H2,28,29,31). The van der Waals surface area contributed by atoms with Crippen LogP contribution in [0.3, 0.4) is 0 Å². The summed E-state index contributed by atoms with van der Waals surface area (Å²) in [6.45, 7) is 3.87. The number of alkyl halides is 3. The topological polar surface area (TPSA) is 53.6 Å². The van der Waals surface area contributed by atoms with Crippen molar-refractivity contribution in [1.82, 2.24) is 0 Å². The minimum Gasteiger partial charge on any atom is -0.406 e. The number of halogens is 3. The van der Waals surface area contributed by atoms with Crippen LogP contribution in [0.25, 0.3) is 17.2 Å². The fourth-order valence-corrected chi connectivity index (χ4v) is 3.16. The highest BCUT2D eigenvalue weighted by Crippen LogP contribution is 2.32. The molecule has 3 rings (SSSR count). The molecule has 166 valence electrons. The molecule has 8 heteroatoms. The Labute approximate surface area is 184 Å². The van der Waals surface area contributed by atoms with E-state index in [-0.39, 0.29) is 5.75 Å². The summed E-state index contributed by atoms with van der Waals surface area (Å²) in [5, 5.41) is 5.38. The zero-order chi connectivity index (χ0) is 23.3. The first-order valence-electron chi connectivity index (χ1n) is 9.63. The van der Waals surface area contributed by atoms with Gasteiger partial charge in [0.2, 0.25) is 0 Å². The van der Waals surface area contributed by atoms with Crippen molar-refractivity contribution < 1.29 is 22.7 Å². The predicted molar refractivity (Wildman–Crippen MR) is 122 cm³/mol. The number of hydrogen-bond acceptors (Lipinski definition) is 3. The van der Waals surface area contributed by atoms with Gasteiger partial charge in [-0.05, 0) is 53.6 Å². The van der Waals surface area contributed by atoms with Crippen LogP contribution in [0.1, 0.15) is 5.56 Å². The molecule has 3 aromatic rings. The molecule has 0 saturated carbocycles. The van der Waals surface area contributed by atoms with Crippen molar-refractivity contribution in [3.8, 4) is 16.9 Å². The van der Waals surface area contributed by atoms with Crippen molar-refractivity contribution in [2.45, 2.75) is 6.36 Å². The molecule has 0 aliphatic carbocycles. The number of ether oxygens (including phenoxy) is 1. The van der Waals surface area contributed by atoms with Crippen LogP contribution in [0.2, 0.25) is 0 Å². The summed E-state index contributed by atoms with van der Waals surface area (Å²) in [4.78, 5) is 14.5. The molecule has 5 nitrogen and oxygen atoms in total. The van der Waals surface area contributed by atoms with Crippen molar-refractivity contribution in [3.63, 3.8) is 0 Å². The van der Waals surface area contributed by atoms with E-state index in [9.17, 15) is 18.0 Å². The van der Waals surface area contributed by atoms with Crippen LogP contribution in [-0.2, 0) is 0 Å². The average Bonchev–Trinajstić information content (AvgIpc) is 2.74. The summed E-state index contributed by atoms with van der Waals surface area (Å²) >= 11 is 0. The van der Waals surface area contributed by atoms with Gasteiger partial charge in [0.15, 0.2) is 0 Å². The van der Waals surface area contributed by atoms with Crippen molar-refractivity contribution in [2.75, 3.05) is 29.6 Å². The normalized spacial score (nSPS) is 10.9. The summed E-state index contributed by atoms with van der Waals surface area (Å²) in [6, 6.07) is 17.6. The van der Waals surface area contributed by atoms with Crippen LogP contribution < -0.4 is 20.3 Å². The number of nitrogens with zero attached hydrogens (tertiary/aromatic N) is 1. The van der Waals surface area contributed by atoms with E-state index in [1.807, 2.05) is 49.3 Å². The number of rotatable bonds is 6. The van der Waals surface area contributed by atoms with Gasteiger partial charge in [-0.25, -0.2) is 4.79 Å². The lowest BCUT2D eigenvalue weighted by Gasteiger charge is -2.18. The van der Waals surface area contributed by atoms with Crippen LogP contribution >= 0.6 is 0 Å². The fourth-order valence-electron chi connectivity index (χ4n) is 3.16. The molecule has 0 unspecified atom stereocenters. The van der Waals surface area contributed by atoms with Crippen LogP contribution in [0.4, 0.5) is 35.0 Å². The minimum atomic E-state index is -4.77. The quantitative estimate of drug-likeness (QED) is 0.453. The molecule has 2 N–H and O–H groups in total. The maximum absolute atomic E-state index is 12.5. The van der Waals surface area contributed by atoms with E-state index in [0.717, 1.165) is 34.5 Å². The fraction of sp³-hybridized carbons (Fsp3) is 0.125. The van der Waals surface area contributed by atoms with Crippen molar-refractivity contribution in [2.24, 2.45) is 0 Å². The largest absolute Gasteiger partial charge is 0.573 e. The lowest BCUT2D eigenvalue weighted by molar-refractivity contribution is -0.274. The number of nitrogens with one attached hydrogen (secondary N) is 2. The molecular weight excluding hydrogens is 419 g/mol. The molecule has 0 aliphatic heterocycles. The SMILES string of the molecule is C=Cc1cc(-c2ccccc2NC(=O)Nc2ccc(OC(F)(F)F)cc2)ccc1N(C)C. The zero-order valence-corrected chi connectivity index (χ0v) is 17.5. The van der Waals surface area contributed by atoms with Crippen molar-refractivity contribution in [3.05, 3.63) is 78.9 Å². The molecule has 0 saturated heterocycles. The van der Waals surface area contributed by atoms with Crippen molar-refractivity contribution in [1.29, 1.82) is 0 Å². The van der Waals surface area contributed by atoms with Crippen LogP contribution in [0.15, 0.2) is 73.3 Å². The molecule has 0 heterocycles. The van der Waals surface area contributed by atoms with E-state index in [0.29, 0.717) is 11.4 Å². The molecule has 0 spiro atoms. The summed E-state index contributed by atoms with van der Waals surface area (Å²) in [5.74, 6) is -0.368. The van der Waals surface area contributed by atoms with E-state index in [4.69, 9.17) is 0 Å². The molecule has 0 radical (unpaired) electrons. The van der Waals surface area contributed by atoms with E-state index < -0.39 is 12.4 Å². The Morgan fingerprint density at radius 3 is 2.31 bits per heavy atom. The molecule has 2 amide bonds. The Hall–Kier alpha value is -3.94. The maximum Gasteiger partial charge on any atom is 0.573 e. The molecule has 3 aromatic carbocycles. The van der Waals surface area contributed by atoms with Crippen LogP contribution in [0.5, 0.6) is 5.75 Å². The van der Waals surface area contributed by atoms with Crippen molar-refractivity contribution >= 4 is 29.2 Å². The Morgan fingerprint density at radius 2 is 1.69 bits per heavy atom. The van der Waals surface area contributed by atoms with Gasteiger partial charge in [-0.1, -0.05) is 36.9 Å². The third kappa shape index (κ3) is 5.81. The number of para-hydroxylation sites is 1. The Balaban J connectivity index is 1.77. The number of carbonyl (C=O) groups is 1. The second-order valence-corrected chi connectivity index (χ2v) is 7.07. The Morgan fingerprint density at radius 1 is 1.00 bits per heavy atom. The monoisotopic (exact) mass is 441 g/mol. The second-order valence-electron chi connectivity index (χ2n) is 7.07. The number of urea groups is 1. The predicted octanol–water partition coefficient (Wildman–Crippen LogP) is 6.61. The third-order valence-corrected chi connectivity index (χ3v) is 4.56. The van der Waals surface area contributed by atoms with E-state index in [1.54, 1.807) is 18.2 Å². The number of anilines is 3. The molecule has 0 fully saturated rings. The number of amides is 2. The highest BCUT2D eigenvalue weighted by Gasteiger charge is 2.30. The van der Waals surface area contributed by atoms with Crippen LogP contribution in [0, 0.1) is 0 Å². The molecule has 0 aromatic heterocycles. The summed E-state index contributed by atoms with van der Waals surface area (Å²) < 4.78 is 40.6. The molecule has 0 bridgehead atoms. The first kappa shape index (κ1) is 22.7. The van der Waals surface area contributed by atoms with E-state index >= 15 is 0 Å². The maximum atomic E-state index is 12.5. The highest BCUT2D eigenvalue weighted by molar-refractivity contribution is 6.02. The van der Waals surface area contributed by atoms with Crippen LogP contribution in [-0.4, -0.2) is 26.5 Å². The Kier molecular flexibility index (Phi) is 6.73. The van der Waals surface area contributed by atoms with Gasteiger partial charge in [-0.2, -0.15) is 0 Å². The van der Waals surface area contributed by atoms with Gasteiger partial charge in [0, 0.05) is 31.0 Å². The third-order valence-electron chi connectivity index (χ3n) is 4.56. The second kappa shape index (κ2) is 9.47. The van der Waals surface area contributed by atoms with Gasteiger partial charge in [-0.3, -0.25) is 0 Å². The van der Waals surface area contributed by atoms with E-state index in [1.165, 1.54) is 12.1 Å². The number of hydrogen-bond donors (Lipinski definition) is 2. The first-order valence-corrected chi connectivity index (χ1v) is 9.63. The lowest BCUT2D eigenvalue weighted by atomic mass is 10.00. The molecule has 0 atom stereocenters. The number of benzene rings is 3. The smallest absolute Gasteiger partial charge is 0.406 e. The van der Waals surface area contributed by atoms with E-state index in [2.05, 4.69) is 21.9 Å². The summed E-state index contributed by atoms with van der Waals surface area (Å²) in [7, 11) is 3.90. The van der Waals surface area contributed by atoms with Gasteiger partial charge in [0.05, 0.1) is 5.69 Å².